The molecule has 0 unspecified atom stereocenters. The molecule has 19 heavy (non-hydrogen) atoms. The second kappa shape index (κ2) is 5.61. The monoisotopic (exact) mass is 282 g/mol. The van der Waals surface area contributed by atoms with Crippen LogP contribution >= 0.6 is 0 Å². The van der Waals surface area contributed by atoms with Crippen molar-refractivity contribution >= 4 is 10.0 Å². The molecular formula is C14H22N2O2S. The SMILES string of the molecule is CNCCc1ccc(S(=O)(=O)NCC2(C)CC2)cc1. The quantitative estimate of drug-likeness (QED) is 0.797. The van der Waals surface area contributed by atoms with E-state index in [2.05, 4.69) is 17.0 Å². The zero-order valence-corrected chi connectivity index (χ0v) is 12.4. The minimum Gasteiger partial charge on any atom is -0.319 e. The van der Waals surface area contributed by atoms with Crippen molar-refractivity contribution in [2.75, 3.05) is 20.1 Å². The van der Waals surface area contributed by atoms with Gasteiger partial charge in [-0.2, -0.15) is 0 Å². The minimum atomic E-state index is -3.36. The average Bonchev–Trinajstić information content (AvgIpc) is 3.13. The van der Waals surface area contributed by atoms with Crippen LogP contribution in [0.3, 0.4) is 0 Å². The zero-order chi connectivity index (χ0) is 13.9. The van der Waals surface area contributed by atoms with Gasteiger partial charge in [0.15, 0.2) is 0 Å². The van der Waals surface area contributed by atoms with Crippen molar-refractivity contribution in [2.24, 2.45) is 5.41 Å². The molecule has 0 bridgehead atoms. The van der Waals surface area contributed by atoms with Crippen LogP contribution in [-0.4, -0.2) is 28.6 Å². The van der Waals surface area contributed by atoms with Crippen molar-refractivity contribution < 1.29 is 8.42 Å². The fourth-order valence-electron chi connectivity index (χ4n) is 1.85. The van der Waals surface area contributed by atoms with E-state index in [1.807, 2.05) is 19.2 Å². The van der Waals surface area contributed by atoms with Gasteiger partial charge in [0, 0.05) is 6.54 Å². The molecule has 0 spiro atoms. The molecule has 1 aromatic carbocycles. The van der Waals surface area contributed by atoms with Crippen molar-refractivity contribution in [3.8, 4) is 0 Å². The molecule has 1 aliphatic carbocycles. The first-order valence-corrected chi connectivity index (χ1v) is 8.17. The molecule has 2 rings (SSSR count). The van der Waals surface area contributed by atoms with Gasteiger partial charge in [-0.05, 0) is 56.0 Å². The number of hydrogen-bond acceptors (Lipinski definition) is 3. The first kappa shape index (κ1) is 14.5. The second-order valence-corrected chi connectivity index (χ2v) is 7.40. The largest absolute Gasteiger partial charge is 0.319 e. The summed E-state index contributed by atoms with van der Waals surface area (Å²) in [5.41, 5.74) is 1.32. The lowest BCUT2D eigenvalue weighted by atomic mass is 10.1. The van der Waals surface area contributed by atoms with Crippen molar-refractivity contribution in [3.05, 3.63) is 29.8 Å². The second-order valence-electron chi connectivity index (χ2n) is 5.63. The van der Waals surface area contributed by atoms with Crippen LogP contribution in [0.1, 0.15) is 25.3 Å². The maximum atomic E-state index is 12.1. The summed E-state index contributed by atoms with van der Waals surface area (Å²) in [7, 11) is -1.45. The standard InChI is InChI=1S/C14H22N2O2S/c1-14(8-9-14)11-16-19(17,18)13-5-3-12(4-6-13)7-10-15-2/h3-6,15-16H,7-11H2,1-2H3. The van der Waals surface area contributed by atoms with Crippen LogP contribution < -0.4 is 10.0 Å². The third-order valence-electron chi connectivity index (χ3n) is 3.69. The number of rotatable bonds is 7. The summed E-state index contributed by atoms with van der Waals surface area (Å²) in [5.74, 6) is 0. The summed E-state index contributed by atoms with van der Waals surface area (Å²) in [6, 6.07) is 7.13. The van der Waals surface area contributed by atoms with Gasteiger partial charge < -0.3 is 5.32 Å². The fourth-order valence-corrected chi connectivity index (χ4v) is 3.05. The third-order valence-corrected chi connectivity index (χ3v) is 5.11. The highest BCUT2D eigenvalue weighted by Crippen LogP contribution is 2.44. The van der Waals surface area contributed by atoms with Gasteiger partial charge >= 0.3 is 0 Å². The highest BCUT2D eigenvalue weighted by atomic mass is 32.2. The third kappa shape index (κ3) is 4.03. The molecule has 0 saturated heterocycles. The maximum absolute atomic E-state index is 12.1. The molecule has 2 N–H and O–H groups in total. The Hall–Kier alpha value is -0.910. The lowest BCUT2D eigenvalue weighted by molar-refractivity contribution is 0.530. The van der Waals surface area contributed by atoms with E-state index in [4.69, 9.17) is 0 Å². The fraction of sp³-hybridized carbons (Fsp3) is 0.571. The van der Waals surface area contributed by atoms with E-state index in [1.54, 1.807) is 12.1 Å². The number of likely N-dealkylation sites (N-methyl/N-ethyl adjacent to an activating group) is 1. The van der Waals surface area contributed by atoms with E-state index in [9.17, 15) is 8.42 Å². The van der Waals surface area contributed by atoms with Crippen LogP contribution in [0, 0.1) is 5.41 Å². The van der Waals surface area contributed by atoms with E-state index < -0.39 is 10.0 Å². The molecule has 4 nitrogen and oxygen atoms in total. The lowest BCUT2D eigenvalue weighted by Crippen LogP contribution is -2.29. The van der Waals surface area contributed by atoms with E-state index in [-0.39, 0.29) is 5.41 Å². The number of benzene rings is 1. The normalized spacial score (nSPS) is 17.4. The summed E-state index contributed by atoms with van der Waals surface area (Å²) >= 11 is 0. The van der Waals surface area contributed by atoms with E-state index >= 15 is 0 Å². The van der Waals surface area contributed by atoms with Crippen LogP contribution in [0.15, 0.2) is 29.2 Å². The summed E-state index contributed by atoms with van der Waals surface area (Å²) in [4.78, 5) is 0.352. The van der Waals surface area contributed by atoms with Crippen LogP contribution in [0.2, 0.25) is 0 Å². The number of hydrogen-bond donors (Lipinski definition) is 2. The molecule has 0 aromatic heterocycles. The van der Waals surface area contributed by atoms with Crippen LogP contribution in [0.4, 0.5) is 0 Å². The van der Waals surface area contributed by atoms with E-state index in [0.29, 0.717) is 11.4 Å². The molecule has 0 atom stereocenters. The Balaban J connectivity index is 1.99. The Morgan fingerprint density at radius 3 is 2.37 bits per heavy atom. The highest BCUT2D eigenvalue weighted by molar-refractivity contribution is 7.89. The molecular weight excluding hydrogens is 260 g/mol. The Bertz CT molecular complexity index is 519. The predicted octanol–water partition coefficient (Wildman–Crippen LogP) is 1.53. The average molecular weight is 282 g/mol. The van der Waals surface area contributed by atoms with E-state index in [0.717, 1.165) is 31.4 Å². The molecule has 106 valence electrons. The zero-order valence-electron chi connectivity index (χ0n) is 11.6. The molecule has 0 radical (unpaired) electrons. The van der Waals surface area contributed by atoms with E-state index in [1.165, 1.54) is 0 Å². The summed E-state index contributed by atoms with van der Waals surface area (Å²) < 4.78 is 26.9. The Morgan fingerprint density at radius 2 is 1.84 bits per heavy atom. The topological polar surface area (TPSA) is 58.2 Å². The Morgan fingerprint density at radius 1 is 1.21 bits per heavy atom. The molecule has 1 saturated carbocycles. The number of nitrogens with one attached hydrogen (secondary N) is 2. The Kier molecular flexibility index (Phi) is 4.28. The smallest absolute Gasteiger partial charge is 0.240 e. The molecule has 1 aromatic rings. The van der Waals surface area contributed by atoms with Gasteiger partial charge in [-0.1, -0.05) is 19.1 Å². The molecule has 1 fully saturated rings. The predicted molar refractivity (Wildman–Crippen MR) is 76.6 cm³/mol. The van der Waals surface area contributed by atoms with Gasteiger partial charge in [0.05, 0.1) is 4.90 Å². The summed E-state index contributed by atoms with van der Waals surface area (Å²) in [6.45, 7) is 3.54. The van der Waals surface area contributed by atoms with Crippen LogP contribution in [0.25, 0.3) is 0 Å². The van der Waals surface area contributed by atoms with Gasteiger partial charge in [0.1, 0.15) is 0 Å². The lowest BCUT2D eigenvalue weighted by Gasteiger charge is -2.11. The van der Waals surface area contributed by atoms with Crippen LogP contribution in [-0.2, 0) is 16.4 Å². The van der Waals surface area contributed by atoms with Gasteiger partial charge in [-0.3, -0.25) is 0 Å². The van der Waals surface area contributed by atoms with Crippen molar-refractivity contribution in [1.82, 2.24) is 10.0 Å². The number of sulfonamides is 1. The summed E-state index contributed by atoms with van der Waals surface area (Å²) in [5, 5.41) is 3.07. The molecule has 5 heteroatoms. The molecule has 0 amide bonds. The summed E-state index contributed by atoms with van der Waals surface area (Å²) in [6.07, 6.45) is 3.12. The van der Waals surface area contributed by atoms with Crippen molar-refractivity contribution in [3.63, 3.8) is 0 Å². The van der Waals surface area contributed by atoms with Gasteiger partial charge in [0.2, 0.25) is 10.0 Å². The first-order valence-electron chi connectivity index (χ1n) is 6.68. The molecule has 0 aliphatic heterocycles. The van der Waals surface area contributed by atoms with Gasteiger partial charge in [-0.15, -0.1) is 0 Å². The minimum absolute atomic E-state index is 0.180. The molecule has 1 aliphatic rings. The maximum Gasteiger partial charge on any atom is 0.240 e. The first-order chi connectivity index (χ1) is 8.95. The van der Waals surface area contributed by atoms with Gasteiger partial charge in [-0.25, -0.2) is 13.1 Å². The van der Waals surface area contributed by atoms with Gasteiger partial charge in [0.25, 0.3) is 0 Å². The highest BCUT2D eigenvalue weighted by Gasteiger charge is 2.38. The van der Waals surface area contributed by atoms with Crippen molar-refractivity contribution in [1.29, 1.82) is 0 Å². The molecule has 0 heterocycles. The van der Waals surface area contributed by atoms with Crippen LogP contribution in [0.5, 0.6) is 0 Å². The Labute approximate surface area is 115 Å². The van der Waals surface area contributed by atoms with Crippen molar-refractivity contribution in [2.45, 2.75) is 31.1 Å².